The third-order valence-corrected chi connectivity index (χ3v) is 4.08. The molecule has 0 atom stereocenters. The van der Waals surface area contributed by atoms with Crippen LogP contribution in [0.4, 0.5) is 0 Å². The quantitative estimate of drug-likeness (QED) is 0.307. The Labute approximate surface area is 169 Å². The Kier molecular flexibility index (Phi) is 7.38. The monoisotopic (exact) mass is 395 g/mol. The first-order valence-corrected chi connectivity index (χ1v) is 8.66. The van der Waals surface area contributed by atoms with Crippen LogP contribution in [0.15, 0.2) is 42.0 Å². The topological polar surface area (TPSA) is 94.9 Å². The lowest BCUT2D eigenvalue weighted by molar-refractivity contribution is -0.137. The van der Waals surface area contributed by atoms with E-state index < -0.39 is 11.9 Å². The summed E-state index contributed by atoms with van der Waals surface area (Å²) < 4.78 is 20.5. The summed E-state index contributed by atoms with van der Waals surface area (Å²) in [5.74, 6) is -0.317. The van der Waals surface area contributed by atoms with Gasteiger partial charge in [-0.2, -0.15) is 5.26 Å². The first-order chi connectivity index (χ1) is 13.9. The highest BCUT2D eigenvalue weighted by molar-refractivity contribution is 5.97. The molecule has 150 valence electrons. The van der Waals surface area contributed by atoms with E-state index in [-0.39, 0.29) is 23.7 Å². The Bertz CT molecular complexity index is 987. The first kappa shape index (κ1) is 21.5. The molecule has 0 N–H and O–H groups in total. The predicted octanol–water partition coefficient (Wildman–Crippen LogP) is 3.38. The molecule has 0 fully saturated rings. The SMILES string of the molecule is COC(=O)/C(C#N)=C/c1ccc(OC(=O)COc2ccc(C)c(C)c2)c(OC)c1. The fourth-order valence-electron chi connectivity index (χ4n) is 2.37. The highest BCUT2D eigenvalue weighted by atomic mass is 16.6. The Balaban J connectivity index is 2.09. The minimum Gasteiger partial charge on any atom is -0.493 e. The van der Waals surface area contributed by atoms with Crippen LogP contribution in [-0.2, 0) is 14.3 Å². The molecular weight excluding hydrogens is 374 g/mol. The van der Waals surface area contributed by atoms with Crippen molar-refractivity contribution < 1.29 is 28.5 Å². The van der Waals surface area contributed by atoms with Crippen molar-refractivity contribution in [2.75, 3.05) is 20.8 Å². The predicted molar refractivity (Wildman–Crippen MR) is 106 cm³/mol. The van der Waals surface area contributed by atoms with Crippen molar-refractivity contribution in [2.24, 2.45) is 0 Å². The molecule has 0 aliphatic rings. The molecule has 0 saturated carbocycles. The summed E-state index contributed by atoms with van der Waals surface area (Å²) in [5.41, 5.74) is 2.53. The number of hydrogen-bond donors (Lipinski definition) is 0. The maximum Gasteiger partial charge on any atom is 0.349 e. The summed E-state index contributed by atoms with van der Waals surface area (Å²) in [5, 5.41) is 9.04. The number of ether oxygens (including phenoxy) is 4. The summed E-state index contributed by atoms with van der Waals surface area (Å²) in [6.45, 7) is 3.68. The van der Waals surface area contributed by atoms with Crippen LogP contribution >= 0.6 is 0 Å². The number of carbonyl (C=O) groups excluding carboxylic acids is 2. The smallest absolute Gasteiger partial charge is 0.349 e. The fraction of sp³-hybridized carbons (Fsp3) is 0.227. The second-order valence-electron chi connectivity index (χ2n) is 6.08. The number of methoxy groups -OCH3 is 2. The molecule has 0 bridgehead atoms. The van der Waals surface area contributed by atoms with Crippen molar-refractivity contribution in [2.45, 2.75) is 13.8 Å². The van der Waals surface area contributed by atoms with Crippen molar-refractivity contribution in [1.82, 2.24) is 0 Å². The van der Waals surface area contributed by atoms with E-state index in [0.717, 1.165) is 11.1 Å². The number of nitriles is 1. The maximum atomic E-state index is 12.1. The zero-order valence-corrected chi connectivity index (χ0v) is 16.6. The fourth-order valence-corrected chi connectivity index (χ4v) is 2.37. The Hall–Kier alpha value is -3.79. The molecule has 0 aliphatic heterocycles. The average Bonchev–Trinajstić information content (AvgIpc) is 2.73. The van der Waals surface area contributed by atoms with Gasteiger partial charge in [-0.15, -0.1) is 0 Å². The number of benzene rings is 2. The van der Waals surface area contributed by atoms with E-state index in [9.17, 15) is 9.59 Å². The van der Waals surface area contributed by atoms with Crippen LogP contribution in [0.3, 0.4) is 0 Å². The van der Waals surface area contributed by atoms with Crippen molar-refractivity contribution in [3.63, 3.8) is 0 Å². The molecule has 7 heteroatoms. The van der Waals surface area contributed by atoms with Crippen LogP contribution in [0.25, 0.3) is 6.08 Å². The molecule has 0 aliphatic carbocycles. The van der Waals surface area contributed by atoms with Gasteiger partial charge in [0.05, 0.1) is 14.2 Å². The third-order valence-electron chi connectivity index (χ3n) is 4.08. The van der Waals surface area contributed by atoms with E-state index in [1.807, 2.05) is 26.0 Å². The van der Waals surface area contributed by atoms with E-state index in [4.69, 9.17) is 19.5 Å². The van der Waals surface area contributed by atoms with Gasteiger partial charge in [0.1, 0.15) is 17.4 Å². The Morgan fingerprint density at radius 1 is 1.03 bits per heavy atom. The molecule has 29 heavy (non-hydrogen) atoms. The van der Waals surface area contributed by atoms with Gasteiger partial charge in [0.15, 0.2) is 18.1 Å². The Morgan fingerprint density at radius 3 is 2.41 bits per heavy atom. The zero-order chi connectivity index (χ0) is 21.4. The van der Waals surface area contributed by atoms with Gasteiger partial charge in [-0.3, -0.25) is 0 Å². The minimum atomic E-state index is -0.745. The molecule has 0 saturated heterocycles. The second-order valence-corrected chi connectivity index (χ2v) is 6.08. The summed E-state index contributed by atoms with van der Waals surface area (Å²) in [6, 6.07) is 11.9. The number of nitrogens with zero attached hydrogens (tertiary/aromatic N) is 1. The molecule has 2 aromatic rings. The van der Waals surface area contributed by atoms with E-state index in [1.54, 1.807) is 18.2 Å². The maximum absolute atomic E-state index is 12.1. The molecule has 2 aromatic carbocycles. The van der Waals surface area contributed by atoms with Gasteiger partial charge in [-0.05, 0) is 60.9 Å². The Morgan fingerprint density at radius 2 is 1.79 bits per heavy atom. The average molecular weight is 395 g/mol. The van der Waals surface area contributed by atoms with Crippen molar-refractivity contribution >= 4 is 18.0 Å². The number of hydrogen-bond acceptors (Lipinski definition) is 7. The lowest BCUT2D eigenvalue weighted by Crippen LogP contribution is -2.18. The molecule has 2 rings (SSSR count). The third kappa shape index (κ3) is 5.84. The minimum absolute atomic E-state index is 0.166. The highest BCUT2D eigenvalue weighted by Crippen LogP contribution is 2.29. The first-order valence-electron chi connectivity index (χ1n) is 8.66. The van der Waals surface area contributed by atoms with Gasteiger partial charge in [-0.25, -0.2) is 9.59 Å². The molecule has 0 amide bonds. The van der Waals surface area contributed by atoms with Crippen LogP contribution < -0.4 is 14.2 Å². The zero-order valence-electron chi connectivity index (χ0n) is 16.6. The number of carbonyl (C=O) groups is 2. The van der Waals surface area contributed by atoms with Crippen molar-refractivity contribution in [3.05, 3.63) is 58.7 Å². The highest BCUT2D eigenvalue weighted by Gasteiger charge is 2.13. The van der Waals surface area contributed by atoms with Crippen LogP contribution in [-0.4, -0.2) is 32.8 Å². The van der Waals surface area contributed by atoms with E-state index in [1.165, 1.54) is 32.4 Å². The van der Waals surface area contributed by atoms with Gasteiger partial charge in [-0.1, -0.05) is 12.1 Å². The van der Waals surface area contributed by atoms with Crippen LogP contribution in [0.1, 0.15) is 16.7 Å². The van der Waals surface area contributed by atoms with Crippen LogP contribution in [0.5, 0.6) is 17.2 Å². The van der Waals surface area contributed by atoms with Gasteiger partial charge in [0.25, 0.3) is 0 Å². The second kappa shape index (κ2) is 9.95. The van der Waals surface area contributed by atoms with Gasteiger partial charge < -0.3 is 18.9 Å². The normalized spacial score (nSPS) is 10.7. The van der Waals surface area contributed by atoms with Gasteiger partial charge in [0, 0.05) is 0 Å². The molecule has 0 aromatic heterocycles. The van der Waals surface area contributed by atoms with E-state index in [2.05, 4.69) is 4.74 Å². The van der Waals surface area contributed by atoms with Crippen LogP contribution in [0.2, 0.25) is 0 Å². The van der Waals surface area contributed by atoms with Crippen molar-refractivity contribution in [1.29, 1.82) is 5.26 Å². The van der Waals surface area contributed by atoms with Gasteiger partial charge in [0.2, 0.25) is 0 Å². The van der Waals surface area contributed by atoms with Crippen LogP contribution in [0, 0.1) is 25.2 Å². The lowest BCUT2D eigenvalue weighted by Gasteiger charge is -2.11. The molecule has 0 unspecified atom stereocenters. The molecule has 7 nitrogen and oxygen atoms in total. The van der Waals surface area contributed by atoms with E-state index in [0.29, 0.717) is 11.3 Å². The van der Waals surface area contributed by atoms with Crippen molar-refractivity contribution in [3.8, 4) is 23.3 Å². The number of rotatable bonds is 7. The molecular formula is C22H21NO6. The molecule has 0 heterocycles. The van der Waals surface area contributed by atoms with E-state index >= 15 is 0 Å². The standard InChI is InChI=1S/C22H21NO6/c1-14-5-7-18(9-15(14)2)28-13-21(24)29-19-8-6-16(11-20(19)26-3)10-17(12-23)22(25)27-4/h5-11H,13H2,1-4H3/b17-10+. The summed E-state index contributed by atoms with van der Waals surface area (Å²) >= 11 is 0. The van der Waals surface area contributed by atoms with Gasteiger partial charge >= 0.3 is 11.9 Å². The number of aryl methyl sites for hydroxylation is 2. The summed E-state index contributed by atoms with van der Waals surface area (Å²) in [4.78, 5) is 23.6. The lowest BCUT2D eigenvalue weighted by atomic mass is 10.1. The molecule has 0 spiro atoms. The summed E-state index contributed by atoms with van der Waals surface area (Å²) in [6.07, 6.45) is 1.35. The number of esters is 2. The summed E-state index contributed by atoms with van der Waals surface area (Å²) in [7, 11) is 2.61. The largest absolute Gasteiger partial charge is 0.493 e. The molecule has 0 radical (unpaired) electrons.